The average molecular weight is 298 g/mol. The van der Waals surface area contributed by atoms with Crippen molar-refractivity contribution in [2.24, 2.45) is 0 Å². The molecule has 0 aliphatic heterocycles. The molecular weight excluding hydrogens is 276 g/mol. The average Bonchev–Trinajstić information content (AvgIpc) is 2.54. The molecule has 0 saturated heterocycles. The van der Waals surface area contributed by atoms with Crippen molar-refractivity contribution < 1.29 is 9.53 Å². The lowest BCUT2D eigenvalue weighted by Gasteiger charge is -2.16. The lowest BCUT2D eigenvalue weighted by Crippen LogP contribution is -2.14. The maximum Gasteiger partial charge on any atom is 0.376 e. The van der Waals surface area contributed by atoms with Crippen LogP contribution in [0.25, 0.3) is 0 Å². The Morgan fingerprint density at radius 1 is 1.14 bits per heavy atom. The maximum atomic E-state index is 12.2. The van der Waals surface area contributed by atoms with Gasteiger partial charge < -0.3 is 4.74 Å². The summed E-state index contributed by atoms with van der Waals surface area (Å²) in [6, 6.07) is 8.01. The molecule has 1 aromatic heterocycles. The van der Waals surface area contributed by atoms with Crippen LogP contribution in [0.2, 0.25) is 0 Å². The third kappa shape index (κ3) is 4.13. The van der Waals surface area contributed by atoms with Gasteiger partial charge in [-0.05, 0) is 30.9 Å². The van der Waals surface area contributed by atoms with Crippen LogP contribution in [0.4, 0.5) is 0 Å². The lowest BCUT2D eigenvalue weighted by molar-refractivity contribution is 0.0273. The fraction of sp³-hybridized carbons (Fsp3) is 0.389. The number of benzene rings is 1. The minimum atomic E-state index is -0.476. The maximum absolute atomic E-state index is 12.2. The van der Waals surface area contributed by atoms with E-state index in [1.54, 1.807) is 12.4 Å². The summed E-state index contributed by atoms with van der Waals surface area (Å²) in [4.78, 5) is 20.4. The Bertz CT molecular complexity index is 606. The van der Waals surface area contributed by atoms with E-state index in [-0.39, 0.29) is 11.9 Å². The molecule has 1 aromatic carbocycles. The molecule has 116 valence electrons. The summed E-state index contributed by atoms with van der Waals surface area (Å²) in [5.41, 5.74) is 3.20. The number of aryl methyl sites for hydroxylation is 2. The first-order valence-electron chi connectivity index (χ1n) is 7.72. The van der Waals surface area contributed by atoms with Crippen LogP contribution in [0.15, 0.2) is 36.7 Å². The molecule has 0 radical (unpaired) electrons. The number of carbonyl (C=O) groups is 1. The first-order chi connectivity index (χ1) is 10.6. The SMILES string of the molecule is CCCc1cnc(C(=O)OC(CC)c2ccc(C)cc2)nc1. The number of esters is 1. The van der Waals surface area contributed by atoms with E-state index in [0.29, 0.717) is 6.42 Å². The Morgan fingerprint density at radius 2 is 1.77 bits per heavy atom. The van der Waals surface area contributed by atoms with Crippen molar-refractivity contribution in [3.63, 3.8) is 0 Å². The van der Waals surface area contributed by atoms with Gasteiger partial charge in [-0.25, -0.2) is 14.8 Å². The van der Waals surface area contributed by atoms with Crippen LogP contribution in [-0.2, 0) is 11.2 Å². The quantitative estimate of drug-likeness (QED) is 0.755. The number of rotatable bonds is 6. The largest absolute Gasteiger partial charge is 0.452 e. The van der Waals surface area contributed by atoms with Crippen molar-refractivity contribution in [3.05, 3.63) is 59.2 Å². The van der Waals surface area contributed by atoms with Crippen molar-refractivity contribution in [2.75, 3.05) is 0 Å². The minimum Gasteiger partial charge on any atom is -0.452 e. The molecule has 1 heterocycles. The van der Waals surface area contributed by atoms with E-state index in [4.69, 9.17) is 4.74 Å². The smallest absolute Gasteiger partial charge is 0.376 e. The van der Waals surface area contributed by atoms with E-state index in [1.807, 2.05) is 38.1 Å². The van der Waals surface area contributed by atoms with Crippen molar-refractivity contribution >= 4 is 5.97 Å². The summed E-state index contributed by atoms with van der Waals surface area (Å²) in [5.74, 6) is -0.360. The van der Waals surface area contributed by atoms with E-state index in [9.17, 15) is 4.79 Å². The van der Waals surface area contributed by atoms with Gasteiger partial charge in [0.2, 0.25) is 5.82 Å². The third-order valence-electron chi connectivity index (χ3n) is 3.50. The number of hydrogen-bond acceptors (Lipinski definition) is 4. The van der Waals surface area contributed by atoms with Gasteiger partial charge in [-0.3, -0.25) is 0 Å². The van der Waals surface area contributed by atoms with Gasteiger partial charge in [0.25, 0.3) is 0 Å². The number of hydrogen-bond donors (Lipinski definition) is 0. The predicted molar refractivity (Wildman–Crippen MR) is 85.7 cm³/mol. The van der Waals surface area contributed by atoms with Gasteiger partial charge in [-0.2, -0.15) is 0 Å². The summed E-state index contributed by atoms with van der Waals surface area (Å²) in [5, 5.41) is 0. The van der Waals surface area contributed by atoms with Crippen LogP contribution >= 0.6 is 0 Å². The van der Waals surface area contributed by atoms with Crippen LogP contribution in [0, 0.1) is 6.92 Å². The summed E-state index contributed by atoms with van der Waals surface area (Å²) in [6.07, 6.45) is 5.77. The fourth-order valence-electron chi connectivity index (χ4n) is 2.23. The number of ether oxygens (including phenoxy) is 1. The molecule has 4 nitrogen and oxygen atoms in total. The van der Waals surface area contributed by atoms with Crippen molar-refractivity contribution in [1.29, 1.82) is 0 Å². The Hall–Kier alpha value is -2.23. The topological polar surface area (TPSA) is 52.1 Å². The molecule has 0 bridgehead atoms. The second-order valence-electron chi connectivity index (χ2n) is 5.38. The number of aromatic nitrogens is 2. The zero-order valence-electron chi connectivity index (χ0n) is 13.4. The Balaban J connectivity index is 2.06. The first kappa shape index (κ1) is 16.1. The normalized spacial score (nSPS) is 12.0. The van der Waals surface area contributed by atoms with Gasteiger partial charge in [0.15, 0.2) is 0 Å². The predicted octanol–water partition coefficient (Wildman–Crippen LogP) is 4.05. The highest BCUT2D eigenvalue weighted by Gasteiger charge is 2.18. The summed E-state index contributed by atoms with van der Waals surface area (Å²) < 4.78 is 5.55. The van der Waals surface area contributed by atoms with Crippen LogP contribution in [0.1, 0.15) is 60.1 Å². The third-order valence-corrected chi connectivity index (χ3v) is 3.50. The van der Waals surface area contributed by atoms with Crippen molar-refractivity contribution in [1.82, 2.24) is 9.97 Å². The monoisotopic (exact) mass is 298 g/mol. The standard InChI is InChI=1S/C18H22N2O2/c1-4-6-14-11-19-17(20-12-14)18(21)22-16(5-2)15-9-7-13(3)8-10-15/h7-12,16H,4-6H2,1-3H3. The van der Waals surface area contributed by atoms with Crippen molar-refractivity contribution in [3.8, 4) is 0 Å². The van der Waals surface area contributed by atoms with Crippen LogP contribution in [0.5, 0.6) is 0 Å². The molecule has 22 heavy (non-hydrogen) atoms. The van der Waals surface area contributed by atoms with E-state index in [0.717, 1.165) is 24.0 Å². The van der Waals surface area contributed by atoms with Crippen molar-refractivity contribution in [2.45, 2.75) is 46.1 Å². The minimum absolute atomic E-state index is 0.116. The van der Waals surface area contributed by atoms with Gasteiger partial charge in [0.1, 0.15) is 6.10 Å². The highest BCUT2D eigenvalue weighted by Crippen LogP contribution is 2.22. The zero-order valence-corrected chi connectivity index (χ0v) is 13.4. The molecule has 2 aromatic rings. The second kappa shape index (κ2) is 7.69. The van der Waals surface area contributed by atoms with Crippen LogP contribution in [0.3, 0.4) is 0 Å². The van der Waals surface area contributed by atoms with Crippen LogP contribution in [-0.4, -0.2) is 15.9 Å². The molecule has 0 aliphatic carbocycles. The lowest BCUT2D eigenvalue weighted by atomic mass is 10.1. The molecular formula is C18H22N2O2. The molecule has 0 spiro atoms. The molecule has 0 fully saturated rings. The van der Waals surface area contributed by atoms with Gasteiger partial charge in [-0.1, -0.05) is 50.1 Å². The van der Waals surface area contributed by atoms with E-state index >= 15 is 0 Å². The zero-order chi connectivity index (χ0) is 15.9. The number of nitrogens with zero attached hydrogens (tertiary/aromatic N) is 2. The van der Waals surface area contributed by atoms with Gasteiger partial charge in [-0.15, -0.1) is 0 Å². The Kier molecular flexibility index (Phi) is 5.64. The molecule has 0 saturated carbocycles. The molecule has 0 amide bonds. The highest BCUT2D eigenvalue weighted by atomic mass is 16.5. The molecule has 2 rings (SSSR count). The Labute approximate surface area is 131 Å². The van der Waals surface area contributed by atoms with E-state index in [1.165, 1.54) is 5.56 Å². The second-order valence-corrected chi connectivity index (χ2v) is 5.38. The first-order valence-corrected chi connectivity index (χ1v) is 7.72. The molecule has 0 N–H and O–H groups in total. The summed E-state index contributed by atoms with van der Waals surface area (Å²) >= 11 is 0. The van der Waals surface area contributed by atoms with E-state index in [2.05, 4.69) is 16.9 Å². The van der Waals surface area contributed by atoms with E-state index < -0.39 is 5.97 Å². The Morgan fingerprint density at radius 3 is 2.32 bits per heavy atom. The molecule has 1 unspecified atom stereocenters. The fourth-order valence-corrected chi connectivity index (χ4v) is 2.23. The van der Waals surface area contributed by atoms with Crippen LogP contribution < -0.4 is 0 Å². The molecule has 4 heteroatoms. The van der Waals surface area contributed by atoms with Gasteiger partial charge in [0.05, 0.1) is 0 Å². The van der Waals surface area contributed by atoms with Gasteiger partial charge in [0, 0.05) is 12.4 Å². The summed E-state index contributed by atoms with van der Waals surface area (Å²) in [6.45, 7) is 6.11. The molecule has 1 atom stereocenters. The van der Waals surface area contributed by atoms with Gasteiger partial charge >= 0.3 is 5.97 Å². The molecule has 0 aliphatic rings. The number of carbonyl (C=O) groups excluding carboxylic acids is 1. The highest BCUT2D eigenvalue weighted by molar-refractivity contribution is 5.85. The summed E-state index contributed by atoms with van der Waals surface area (Å²) in [7, 11) is 0.